The van der Waals surface area contributed by atoms with E-state index >= 15 is 0 Å². The van der Waals surface area contributed by atoms with E-state index in [1.807, 2.05) is 0 Å². The van der Waals surface area contributed by atoms with E-state index in [9.17, 15) is 9.59 Å². The number of hydrogen-bond donors (Lipinski definition) is 1. The number of methoxy groups -OCH3 is 1. The molecule has 0 bridgehead atoms. The number of benzene rings is 1. The molecule has 194 valence electrons. The molecule has 0 aliphatic heterocycles. The Hall–Kier alpha value is -4.74. The van der Waals surface area contributed by atoms with Gasteiger partial charge in [0, 0.05) is 6.20 Å². The number of oxazole rings is 1. The molecule has 12 heteroatoms. The number of hydrogen-bond acceptors (Lipinski definition) is 10. The number of nitrogens with zero attached hydrogens (tertiary/aromatic N) is 3. The van der Waals surface area contributed by atoms with Crippen LogP contribution in [0.5, 0.6) is 17.4 Å². The second-order valence-electron chi connectivity index (χ2n) is 7.72. The number of furan rings is 1. The standard InChI is InChI=1S/C25H25N3O9/c1-4-33-25(31)17-11-28(12-22(29)30)27-23(17)36-13-16-7-8-19(21(10-16)32-3)35-14-18-15(2)37-24(26-18)20-6-5-9-34-20/h5-11H,4,12-14H2,1-3H3,(H,29,30). The van der Waals surface area contributed by atoms with Crippen LogP contribution in [0.2, 0.25) is 0 Å². The molecule has 1 N–H and O–H groups in total. The van der Waals surface area contributed by atoms with E-state index in [0.717, 1.165) is 4.68 Å². The molecule has 1 aromatic carbocycles. The van der Waals surface area contributed by atoms with Gasteiger partial charge in [-0.1, -0.05) is 6.07 Å². The number of esters is 1. The van der Waals surface area contributed by atoms with Crippen LogP contribution in [-0.4, -0.2) is 45.5 Å². The molecule has 4 aromatic rings. The number of carbonyl (C=O) groups is 2. The predicted molar refractivity (Wildman–Crippen MR) is 126 cm³/mol. The summed E-state index contributed by atoms with van der Waals surface area (Å²) < 4.78 is 34.2. The lowest BCUT2D eigenvalue weighted by atomic mass is 10.2. The topological polar surface area (TPSA) is 148 Å². The molecule has 0 saturated heterocycles. The van der Waals surface area contributed by atoms with Gasteiger partial charge in [0.15, 0.2) is 17.3 Å². The predicted octanol–water partition coefficient (Wildman–Crippen LogP) is 3.87. The Bertz CT molecular complexity index is 1370. The number of carbonyl (C=O) groups excluding carboxylic acids is 1. The van der Waals surface area contributed by atoms with Crippen molar-refractivity contribution in [3.63, 3.8) is 0 Å². The van der Waals surface area contributed by atoms with Crippen molar-refractivity contribution in [3.05, 3.63) is 65.4 Å². The highest BCUT2D eigenvalue weighted by atomic mass is 16.5. The summed E-state index contributed by atoms with van der Waals surface area (Å²) in [5, 5.41) is 13.1. The quantitative estimate of drug-likeness (QED) is 0.276. The maximum Gasteiger partial charge on any atom is 0.345 e. The van der Waals surface area contributed by atoms with Crippen LogP contribution in [0.15, 0.2) is 51.6 Å². The lowest BCUT2D eigenvalue weighted by molar-refractivity contribution is -0.137. The highest BCUT2D eigenvalue weighted by Gasteiger charge is 2.21. The molecule has 4 rings (SSSR count). The zero-order valence-corrected chi connectivity index (χ0v) is 20.4. The van der Waals surface area contributed by atoms with Crippen molar-refractivity contribution in [2.24, 2.45) is 0 Å². The molecule has 0 aliphatic carbocycles. The van der Waals surface area contributed by atoms with Crippen LogP contribution < -0.4 is 14.2 Å². The van der Waals surface area contributed by atoms with Gasteiger partial charge in [0.25, 0.3) is 5.89 Å². The summed E-state index contributed by atoms with van der Waals surface area (Å²) in [4.78, 5) is 27.7. The second-order valence-corrected chi connectivity index (χ2v) is 7.72. The van der Waals surface area contributed by atoms with E-state index in [1.165, 1.54) is 13.3 Å². The van der Waals surface area contributed by atoms with Crippen LogP contribution in [0, 0.1) is 6.92 Å². The fourth-order valence-electron chi connectivity index (χ4n) is 3.37. The number of aryl methyl sites for hydroxylation is 1. The van der Waals surface area contributed by atoms with Crippen LogP contribution in [0.1, 0.15) is 34.3 Å². The van der Waals surface area contributed by atoms with E-state index in [1.54, 1.807) is 50.4 Å². The molecule has 0 radical (unpaired) electrons. The third-order valence-corrected chi connectivity index (χ3v) is 5.11. The van der Waals surface area contributed by atoms with Crippen LogP contribution >= 0.6 is 0 Å². The van der Waals surface area contributed by atoms with E-state index < -0.39 is 18.5 Å². The van der Waals surface area contributed by atoms with Crippen molar-refractivity contribution in [2.75, 3.05) is 13.7 Å². The average Bonchev–Trinajstić information content (AvgIpc) is 3.62. The first-order chi connectivity index (χ1) is 17.9. The van der Waals surface area contributed by atoms with Gasteiger partial charge in [0.1, 0.15) is 36.8 Å². The van der Waals surface area contributed by atoms with E-state index in [0.29, 0.717) is 40.2 Å². The van der Waals surface area contributed by atoms with Gasteiger partial charge in [-0.05, 0) is 43.7 Å². The molecule has 12 nitrogen and oxygen atoms in total. The zero-order chi connectivity index (χ0) is 26.4. The molecule has 0 unspecified atom stereocenters. The minimum atomic E-state index is -1.11. The maximum absolute atomic E-state index is 12.2. The Morgan fingerprint density at radius 1 is 1.14 bits per heavy atom. The summed E-state index contributed by atoms with van der Waals surface area (Å²) >= 11 is 0. The molecule has 37 heavy (non-hydrogen) atoms. The molecule has 0 atom stereocenters. The number of ether oxygens (including phenoxy) is 4. The minimum Gasteiger partial charge on any atom is -0.493 e. The number of carboxylic acid groups (broad SMARTS) is 1. The Morgan fingerprint density at radius 3 is 2.68 bits per heavy atom. The molecule has 0 saturated carbocycles. The number of rotatable bonds is 12. The van der Waals surface area contributed by atoms with Gasteiger partial charge in [-0.2, -0.15) is 0 Å². The lowest BCUT2D eigenvalue weighted by Crippen LogP contribution is -2.09. The van der Waals surface area contributed by atoms with Crippen molar-refractivity contribution in [3.8, 4) is 29.0 Å². The Labute approximate surface area is 211 Å². The summed E-state index contributed by atoms with van der Waals surface area (Å²) in [5.74, 6) is 0.630. The molecular weight excluding hydrogens is 486 g/mol. The van der Waals surface area contributed by atoms with E-state index in [-0.39, 0.29) is 31.3 Å². The molecular formula is C25H25N3O9. The summed E-state index contributed by atoms with van der Waals surface area (Å²) in [6.45, 7) is 3.35. The first kappa shape index (κ1) is 25.4. The second kappa shape index (κ2) is 11.3. The van der Waals surface area contributed by atoms with Gasteiger partial charge in [0.2, 0.25) is 5.88 Å². The number of carboxylic acids is 1. The normalized spacial score (nSPS) is 10.8. The number of aromatic nitrogens is 3. The van der Waals surface area contributed by atoms with Gasteiger partial charge >= 0.3 is 11.9 Å². The molecule has 0 fully saturated rings. The maximum atomic E-state index is 12.2. The largest absolute Gasteiger partial charge is 0.493 e. The summed E-state index contributed by atoms with van der Waals surface area (Å²) in [6.07, 6.45) is 2.82. The Morgan fingerprint density at radius 2 is 1.97 bits per heavy atom. The van der Waals surface area contributed by atoms with Crippen LogP contribution in [0.25, 0.3) is 11.7 Å². The molecule has 3 heterocycles. The smallest absolute Gasteiger partial charge is 0.345 e. The van der Waals surface area contributed by atoms with Gasteiger partial charge in [0.05, 0.1) is 20.0 Å². The fraction of sp³-hybridized carbons (Fsp3) is 0.280. The van der Waals surface area contributed by atoms with E-state index in [2.05, 4.69) is 10.1 Å². The summed E-state index contributed by atoms with van der Waals surface area (Å²) in [7, 11) is 1.51. The first-order valence-electron chi connectivity index (χ1n) is 11.3. The molecule has 0 amide bonds. The highest BCUT2D eigenvalue weighted by molar-refractivity contribution is 5.91. The van der Waals surface area contributed by atoms with Crippen molar-refractivity contribution >= 4 is 11.9 Å². The first-order valence-corrected chi connectivity index (χ1v) is 11.3. The van der Waals surface area contributed by atoms with Gasteiger partial charge in [-0.25, -0.2) is 9.78 Å². The SMILES string of the molecule is CCOC(=O)c1cn(CC(=O)O)nc1OCc1ccc(OCc2nc(-c3ccco3)oc2C)c(OC)c1. The van der Waals surface area contributed by atoms with Crippen molar-refractivity contribution in [1.82, 2.24) is 14.8 Å². The van der Waals surface area contributed by atoms with Crippen molar-refractivity contribution in [1.29, 1.82) is 0 Å². The monoisotopic (exact) mass is 511 g/mol. The third-order valence-electron chi connectivity index (χ3n) is 5.11. The average molecular weight is 511 g/mol. The Kier molecular flexibility index (Phi) is 7.77. The van der Waals surface area contributed by atoms with Crippen molar-refractivity contribution in [2.45, 2.75) is 33.6 Å². The van der Waals surface area contributed by atoms with Crippen LogP contribution in [-0.2, 0) is 29.3 Å². The molecule has 0 aliphatic rings. The summed E-state index contributed by atoms with van der Waals surface area (Å²) in [5.41, 5.74) is 1.35. The van der Waals surface area contributed by atoms with Gasteiger partial charge < -0.3 is 32.9 Å². The van der Waals surface area contributed by atoms with Gasteiger partial charge in [-0.3, -0.25) is 9.48 Å². The summed E-state index contributed by atoms with van der Waals surface area (Å²) in [6, 6.07) is 8.71. The molecule has 3 aromatic heterocycles. The van der Waals surface area contributed by atoms with Crippen LogP contribution in [0.4, 0.5) is 0 Å². The zero-order valence-electron chi connectivity index (χ0n) is 20.4. The highest BCUT2D eigenvalue weighted by Crippen LogP contribution is 2.30. The third kappa shape index (κ3) is 6.10. The molecule has 0 spiro atoms. The minimum absolute atomic E-state index is 0.0298. The lowest BCUT2D eigenvalue weighted by Gasteiger charge is -2.12. The number of aliphatic carboxylic acids is 1. The van der Waals surface area contributed by atoms with E-state index in [4.69, 9.17) is 32.9 Å². The Balaban J connectivity index is 1.44. The van der Waals surface area contributed by atoms with Gasteiger partial charge in [-0.15, -0.1) is 5.10 Å². The van der Waals surface area contributed by atoms with Crippen LogP contribution in [0.3, 0.4) is 0 Å². The fourth-order valence-corrected chi connectivity index (χ4v) is 3.37. The van der Waals surface area contributed by atoms with Crippen molar-refractivity contribution < 1.29 is 42.5 Å².